The van der Waals surface area contributed by atoms with Gasteiger partial charge in [-0.05, 0) is 12.3 Å². The highest BCUT2D eigenvalue weighted by Crippen LogP contribution is 2.32. The SMILES string of the molecule is CCC(C)(C=O)C(C=O)C(C)C. The van der Waals surface area contributed by atoms with Gasteiger partial charge in [0, 0.05) is 11.3 Å². The van der Waals surface area contributed by atoms with Crippen LogP contribution >= 0.6 is 0 Å². The molecule has 0 N–H and O–H groups in total. The molecule has 0 rings (SSSR count). The molecule has 0 amide bonds. The third-order valence-electron chi connectivity index (χ3n) is 2.66. The molecule has 2 atom stereocenters. The third-order valence-corrected chi connectivity index (χ3v) is 2.66. The fraction of sp³-hybridized carbons (Fsp3) is 0.800. The van der Waals surface area contributed by atoms with E-state index in [1.54, 1.807) is 0 Å². The molecule has 2 heteroatoms. The monoisotopic (exact) mass is 170 g/mol. The standard InChI is InChI=1S/C10H18O2/c1-5-10(4,7-12)9(6-11)8(2)3/h6-9H,5H2,1-4H3. The molecule has 2 nitrogen and oxygen atoms in total. The second-order valence-electron chi connectivity index (χ2n) is 3.88. The van der Waals surface area contributed by atoms with Gasteiger partial charge in [-0.25, -0.2) is 0 Å². The highest BCUT2D eigenvalue weighted by atomic mass is 16.1. The average molecular weight is 170 g/mol. The quantitative estimate of drug-likeness (QED) is 0.592. The Hall–Kier alpha value is -0.660. The Bertz CT molecular complexity index is 163. The van der Waals surface area contributed by atoms with Gasteiger partial charge in [0.1, 0.15) is 12.6 Å². The van der Waals surface area contributed by atoms with E-state index < -0.39 is 5.41 Å². The van der Waals surface area contributed by atoms with Gasteiger partial charge in [0.25, 0.3) is 0 Å². The Morgan fingerprint density at radius 3 is 1.92 bits per heavy atom. The molecule has 0 fully saturated rings. The van der Waals surface area contributed by atoms with E-state index in [2.05, 4.69) is 0 Å². The van der Waals surface area contributed by atoms with Crippen molar-refractivity contribution in [2.75, 3.05) is 0 Å². The summed E-state index contributed by atoms with van der Waals surface area (Å²) in [7, 11) is 0. The summed E-state index contributed by atoms with van der Waals surface area (Å²) in [5.74, 6) is 0.0812. The van der Waals surface area contributed by atoms with Gasteiger partial charge in [0.05, 0.1) is 0 Å². The number of aldehydes is 2. The molecule has 0 aromatic carbocycles. The first-order chi connectivity index (χ1) is 5.51. The van der Waals surface area contributed by atoms with Crippen molar-refractivity contribution in [3.63, 3.8) is 0 Å². The molecule has 0 heterocycles. The lowest BCUT2D eigenvalue weighted by atomic mass is 9.72. The highest BCUT2D eigenvalue weighted by Gasteiger charge is 2.33. The van der Waals surface area contributed by atoms with Crippen LogP contribution in [0, 0.1) is 17.3 Å². The molecular formula is C10H18O2. The van der Waals surface area contributed by atoms with Crippen molar-refractivity contribution in [1.82, 2.24) is 0 Å². The van der Waals surface area contributed by atoms with Crippen LogP contribution in [0.3, 0.4) is 0 Å². The van der Waals surface area contributed by atoms with Gasteiger partial charge in [-0.3, -0.25) is 0 Å². The predicted molar refractivity (Wildman–Crippen MR) is 48.9 cm³/mol. The second-order valence-corrected chi connectivity index (χ2v) is 3.88. The third kappa shape index (κ3) is 2.16. The Morgan fingerprint density at radius 1 is 1.33 bits per heavy atom. The van der Waals surface area contributed by atoms with Crippen molar-refractivity contribution in [2.24, 2.45) is 17.3 Å². The van der Waals surface area contributed by atoms with Crippen LogP contribution in [-0.4, -0.2) is 12.6 Å². The lowest BCUT2D eigenvalue weighted by Gasteiger charge is -2.30. The zero-order chi connectivity index (χ0) is 9.78. The molecule has 0 aromatic rings. The minimum Gasteiger partial charge on any atom is -0.303 e. The Morgan fingerprint density at radius 2 is 1.83 bits per heavy atom. The normalized spacial score (nSPS) is 18.4. The highest BCUT2D eigenvalue weighted by molar-refractivity contribution is 5.68. The van der Waals surface area contributed by atoms with Crippen LogP contribution in [0.4, 0.5) is 0 Å². The molecule has 2 unspecified atom stereocenters. The molecule has 0 bridgehead atoms. The lowest BCUT2D eigenvalue weighted by Crippen LogP contribution is -2.33. The number of hydrogen-bond acceptors (Lipinski definition) is 2. The largest absolute Gasteiger partial charge is 0.303 e. The molecule has 0 aliphatic carbocycles. The van der Waals surface area contributed by atoms with E-state index >= 15 is 0 Å². The maximum Gasteiger partial charge on any atom is 0.126 e. The lowest BCUT2D eigenvalue weighted by molar-refractivity contribution is -0.126. The molecule has 0 saturated carbocycles. The number of hydrogen-bond donors (Lipinski definition) is 0. The van der Waals surface area contributed by atoms with Gasteiger partial charge in [-0.1, -0.05) is 27.7 Å². The summed E-state index contributed by atoms with van der Waals surface area (Å²) < 4.78 is 0. The van der Waals surface area contributed by atoms with E-state index in [4.69, 9.17) is 0 Å². The van der Waals surface area contributed by atoms with E-state index in [9.17, 15) is 9.59 Å². The summed E-state index contributed by atoms with van der Waals surface area (Å²) in [6.45, 7) is 7.72. The maximum absolute atomic E-state index is 10.8. The van der Waals surface area contributed by atoms with Crippen molar-refractivity contribution >= 4 is 12.6 Å². The van der Waals surface area contributed by atoms with Crippen molar-refractivity contribution in [3.8, 4) is 0 Å². The minimum absolute atomic E-state index is 0.153. The molecule has 12 heavy (non-hydrogen) atoms. The van der Waals surface area contributed by atoms with Crippen molar-refractivity contribution < 1.29 is 9.59 Å². The van der Waals surface area contributed by atoms with Gasteiger partial charge in [-0.15, -0.1) is 0 Å². The summed E-state index contributed by atoms with van der Waals surface area (Å²) in [5.41, 5.74) is -0.476. The first-order valence-corrected chi connectivity index (χ1v) is 4.43. The summed E-state index contributed by atoms with van der Waals surface area (Å²) in [5, 5.41) is 0. The van der Waals surface area contributed by atoms with Crippen LogP contribution in [0.25, 0.3) is 0 Å². The van der Waals surface area contributed by atoms with Gasteiger partial charge in [0.15, 0.2) is 0 Å². The molecule has 70 valence electrons. The molecule has 0 saturated heterocycles. The summed E-state index contributed by atoms with van der Waals surface area (Å²) in [6.07, 6.45) is 2.53. The van der Waals surface area contributed by atoms with Crippen LogP contribution in [0.2, 0.25) is 0 Å². The van der Waals surface area contributed by atoms with Gasteiger partial charge in [-0.2, -0.15) is 0 Å². The van der Waals surface area contributed by atoms with E-state index in [1.165, 1.54) is 0 Å². The molecular weight excluding hydrogens is 152 g/mol. The Labute approximate surface area is 74.3 Å². The Kier molecular flexibility index (Phi) is 4.15. The van der Waals surface area contributed by atoms with Crippen LogP contribution in [0.5, 0.6) is 0 Å². The Balaban J connectivity index is 4.66. The molecule has 0 aliphatic heterocycles. The maximum atomic E-state index is 10.8. The number of rotatable bonds is 5. The topological polar surface area (TPSA) is 34.1 Å². The molecule has 0 aliphatic rings. The fourth-order valence-electron chi connectivity index (χ4n) is 1.47. The first kappa shape index (κ1) is 11.3. The second kappa shape index (κ2) is 4.39. The zero-order valence-corrected chi connectivity index (χ0v) is 8.33. The van der Waals surface area contributed by atoms with Crippen LogP contribution < -0.4 is 0 Å². The smallest absolute Gasteiger partial charge is 0.126 e. The van der Waals surface area contributed by atoms with E-state index in [-0.39, 0.29) is 11.8 Å². The first-order valence-electron chi connectivity index (χ1n) is 4.43. The van der Waals surface area contributed by atoms with E-state index in [0.29, 0.717) is 0 Å². The fourth-order valence-corrected chi connectivity index (χ4v) is 1.47. The predicted octanol–water partition coefficient (Wildman–Crippen LogP) is 2.07. The minimum atomic E-state index is -0.476. The van der Waals surface area contributed by atoms with Crippen LogP contribution in [-0.2, 0) is 9.59 Å². The molecule has 0 spiro atoms. The molecule has 0 aromatic heterocycles. The molecule has 0 radical (unpaired) electrons. The van der Waals surface area contributed by atoms with Crippen LogP contribution in [0.15, 0.2) is 0 Å². The van der Waals surface area contributed by atoms with Gasteiger partial charge >= 0.3 is 0 Å². The summed E-state index contributed by atoms with van der Waals surface area (Å²) in [4.78, 5) is 21.6. The number of carbonyl (C=O) groups excluding carboxylic acids is 2. The van der Waals surface area contributed by atoms with Crippen molar-refractivity contribution in [3.05, 3.63) is 0 Å². The van der Waals surface area contributed by atoms with Gasteiger partial charge < -0.3 is 9.59 Å². The summed E-state index contributed by atoms with van der Waals surface area (Å²) in [6, 6.07) is 0. The van der Waals surface area contributed by atoms with Crippen molar-refractivity contribution in [2.45, 2.75) is 34.1 Å². The van der Waals surface area contributed by atoms with E-state index in [1.807, 2.05) is 27.7 Å². The van der Waals surface area contributed by atoms with Gasteiger partial charge in [0.2, 0.25) is 0 Å². The van der Waals surface area contributed by atoms with Crippen LogP contribution in [0.1, 0.15) is 34.1 Å². The van der Waals surface area contributed by atoms with E-state index in [0.717, 1.165) is 19.0 Å². The summed E-state index contributed by atoms with van der Waals surface area (Å²) >= 11 is 0. The average Bonchev–Trinajstić information content (AvgIpc) is 2.04. The zero-order valence-electron chi connectivity index (χ0n) is 8.33. The number of carbonyl (C=O) groups is 2. The van der Waals surface area contributed by atoms with Crippen molar-refractivity contribution in [1.29, 1.82) is 0 Å².